The van der Waals surface area contributed by atoms with E-state index >= 15 is 0 Å². The highest BCUT2D eigenvalue weighted by molar-refractivity contribution is 6.02. The molecule has 1 aliphatic heterocycles. The molecule has 0 aromatic heterocycles. The van der Waals surface area contributed by atoms with Gasteiger partial charge in [-0.15, -0.1) is 0 Å². The average molecular weight is 245 g/mol. The van der Waals surface area contributed by atoms with Gasteiger partial charge in [0.05, 0.1) is 5.56 Å². The molecule has 1 aromatic rings. The van der Waals surface area contributed by atoms with E-state index in [4.69, 9.17) is 5.73 Å². The van der Waals surface area contributed by atoms with Crippen LogP contribution in [0, 0.1) is 0 Å². The standard InChI is InChI=1S/C14H19N3O/c1-2-11-5-3-6-12(15)13(11)14(18)17-9-4-7-16-8-10-17/h2-3,5-6,16H,1,4,7-10,15H2. The number of carbonyl (C=O) groups is 1. The normalized spacial score (nSPS) is 16.1. The van der Waals surface area contributed by atoms with E-state index in [1.807, 2.05) is 17.0 Å². The van der Waals surface area contributed by atoms with Crippen LogP contribution in [-0.2, 0) is 0 Å². The van der Waals surface area contributed by atoms with E-state index in [0.29, 0.717) is 11.3 Å². The first-order chi connectivity index (χ1) is 8.74. The van der Waals surface area contributed by atoms with Crippen LogP contribution in [0.25, 0.3) is 6.08 Å². The molecule has 0 aliphatic carbocycles. The predicted molar refractivity (Wildman–Crippen MR) is 74.3 cm³/mol. The smallest absolute Gasteiger partial charge is 0.256 e. The summed E-state index contributed by atoms with van der Waals surface area (Å²) in [6.07, 6.45) is 2.65. The molecule has 0 saturated carbocycles. The molecule has 2 rings (SSSR count). The van der Waals surface area contributed by atoms with Crippen LogP contribution in [-0.4, -0.2) is 37.0 Å². The molecule has 18 heavy (non-hydrogen) atoms. The monoisotopic (exact) mass is 245 g/mol. The van der Waals surface area contributed by atoms with Gasteiger partial charge in [-0.2, -0.15) is 0 Å². The predicted octanol–water partition coefficient (Wildman–Crippen LogP) is 1.35. The van der Waals surface area contributed by atoms with Crippen molar-refractivity contribution in [2.75, 3.05) is 31.9 Å². The third-order valence-electron chi connectivity index (χ3n) is 3.19. The highest BCUT2D eigenvalue weighted by Gasteiger charge is 2.20. The number of nitrogens with two attached hydrogens (primary N) is 1. The molecule has 1 saturated heterocycles. The van der Waals surface area contributed by atoms with Crippen molar-refractivity contribution >= 4 is 17.7 Å². The third-order valence-corrected chi connectivity index (χ3v) is 3.19. The highest BCUT2D eigenvalue weighted by Crippen LogP contribution is 2.20. The van der Waals surface area contributed by atoms with Crippen molar-refractivity contribution in [3.8, 4) is 0 Å². The number of hydrogen-bond acceptors (Lipinski definition) is 3. The van der Waals surface area contributed by atoms with Crippen molar-refractivity contribution in [1.82, 2.24) is 10.2 Å². The van der Waals surface area contributed by atoms with E-state index < -0.39 is 0 Å². The summed E-state index contributed by atoms with van der Waals surface area (Å²) in [7, 11) is 0. The third kappa shape index (κ3) is 2.54. The fourth-order valence-corrected chi connectivity index (χ4v) is 2.21. The van der Waals surface area contributed by atoms with E-state index in [1.165, 1.54) is 0 Å². The Morgan fingerprint density at radius 3 is 3.00 bits per heavy atom. The summed E-state index contributed by atoms with van der Waals surface area (Å²) in [6, 6.07) is 5.47. The molecule has 1 heterocycles. The van der Waals surface area contributed by atoms with Gasteiger partial charge in [0.25, 0.3) is 5.91 Å². The SMILES string of the molecule is C=Cc1cccc(N)c1C(=O)N1CCCNCC1. The maximum absolute atomic E-state index is 12.5. The number of anilines is 1. The van der Waals surface area contributed by atoms with Gasteiger partial charge in [-0.25, -0.2) is 0 Å². The van der Waals surface area contributed by atoms with E-state index in [-0.39, 0.29) is 5.91 Å². The maximum Gasteiger partial charge on any atom is 0.256 e. The summed E-state index contributed by atoms with van der Waals surface area (Å²) in [4.78, 5) is 14.4. The summed E-state index contributed by atoms with van der Waals surface area (Å²) < 4.78 is 0. The zero-order valence-electron chi connectivity index (χ0n) is 10.5. The van der Waals surface area contributed by atoms with Crippen LogP contribution in [0.3, 0.4) is 0 Å². The number of benzene rings is 1. The van der Waals surface area contributed by atoms with E-state index in [9.17, 15) is 4.79 Å². The van der Waals surface area contributed by atoms with Crippen LogP contribution in [0.4, 0.5) is 5.69 Å². The summed E-state index contributed by atoms with van der Waals surface area (Å²) in [5.41, 5.74) is 7.84. The van der Waals surface area contributed by atoms with Gasteiger partial charge in [-0.05, 0) is 24.6 Å². The van der Waals surface area contributed by atoms with Crippen LogP contribution < -0.4 is 11.1 Å². The fourth-order valence-electron chi connectivity index (χ4n) is 2.21. The van der Waals surface area contributed by atoms with Gasteiger partial charge in [0, 0.05) is 25.3 Å². The quantitative estimate of drug-likeness (QED) is 0.773. The number of amides is 1. The molecule has 1 amide bonds. The van der Waals surface area contributed by atoms with Crippen LogP contribution in [0.15, 0.2) is 24.8 Å². The van der Waals surface area contributed by atoms with Gasteiger partial charge in [0.1, 0.15) is 0 Å². The van der Waals surface area contributed by atoms with Gasteiger partial charge >= 0.3 is 0 Å². The molecule has 3 N–H and O–H groups in total. The molecule has 0 bridgehead atoms. The number of nitrogens with zero attached hydrogens (tertiary/aromatic N) is 1. The molecule has 4 heteroatoms. The van der Waals surface area contributed by atoms with Gasteiger partial charge in [0.2, 0.25) is 0 Å². The maximum atomic E-state index is 12.5. The zero-order chi connectivity index (χ0) is 13.0. The van der Waals surface area contributed by atoms with Crippen molar-refractivity contribution in [3.63, 3.8) is 0 Å². The number of hydrogen-bond donors (Lipinski definition) is 2. The van der Waals surface area contributed by atoms with Crippen molar-refractivity contribution in [1.29, 1.82) is 0 Å². The minimum absolute atomic E-state index is 0.00620. The molecular weight excluding hydrogens is 226 g/mol. The summed E-state index contributed by atoms with van der Waals surface area (Å²) in [6.45, 7) is 7.04. The van der Waals surface area contributed by atoms with Crippen molar-refractivity contribution in [2.45, 2.75) is 6.42 Å². The Balaban J connectivity index is 2.29. The molecule has 0 radical (unpaired) electrons. The molecular formula is C14H19N3O. The topological polar surface area (TPSA) is 58.4 Å². The summed E-state index contributed by atoms with van der Waals surface area (Å²) in [5.74, 6) is 0.00620. The first-order valence-electron chi connectivity index (χ1n) is 6.25. The Morgan fingerprint density at radius 1 is 1.39 bits per heavy atom. The average Bonchev–Trinajstić information content (AvgIpc) is 2.66. The Hall–Kier alpha value is -1.81. The number of nitrogen functional groups attached to an aromatic ring is 1. The van der Waals surface area contributed by atoms with Crippen molar-refractivity contribution < 1.29 is 4.79 Å². The Labute approximate surface area is 107 Å². The van der Waals surface area contributed by atoms with E-state index in [0.717, 1.165) is 38.2 Å². The highest BCUT2D eigenvalue weighted by atomic mass is 16.2. The van der Waals surface area contributed by atoms with Gasteiger partial charge in [0.15, 0.2) is 0 Å². The van der Waals surface area contributed by atoms with Crippen LogP contribution in [0.2, 0.25) is 0 Å². The minimum Gasteiger partial charge on any atom is -0.398 e. The number of rotatable bonds is 2. The van der Waals surface area contributed by atoms with Crippen LogP contribution >= 0.6 is 0 Å². The second kappa shape index (κ2) is 5.69. The van der Waals surface area contributed by atoms with Crippen LogP contribution in [0.5, 0.6) is 0 Å². The van der Waals surface area contributed by atoms with Crippen molar-refractivity contribution in [2.24, 2.45) is 0 Å². The lowest BCUT2D eigenvalue weighted by Crippen LogP contribution is -2.35. The van der Waals surface area contributed by atoms with E-state index in [1.54, 1.807) is 12.1 Å². The summed E-state index contributed by atoms with van der Waals surface area (Å²) >= 11 is 0. The molecule has 0 spiro atoms. The second-order valence-corrected chi connectivity index (χ2v) is 4.41. The molecule has 1 aliphatic rings. The molecule has 1 aromatic carbocycles. The van der Waals surface area contributed by atoms with Gasteiger partial charge < -0.3 is 16.0 Å². The summed E-state index contributed by atoms with van der Waals surface area (Å²) in [5, 5.41) is 3.28. The van der Waals surface area contributed by atoms with Crippen LogP contribution in [0.1, 0.15) is 22.3 Å². The first-order valence-corrected chi connectivity index (χ1v) is 6.25. The minimum atomic E-state index is 0.00620. The molecule has 96 valence electrons. The fraction of sp³-hybridized carbons (Fsp3) is 0.357. The molecule has 0 atom stereocenters. The lowest BCUT2D eigenvalue weighted by atomic mass is 10.0. The largest absolute Gasteiger partial charge is 0.398 e. The van der Waals surface area contributed by atoms with Crippen molar-refractivity contribution in [3.05, 3.63) is 35.9 Å². The first kappa shape index (κ1) is 12.6. The Kier molecular flexibility index (Phi) is 3.99. The van der Waals surface area contributed by atoms with Gasteiger partial charge in [-0.1, -0.05) is 24.8 Å². The number of nitrogens with one attached hydrogen (secondary N) is 1. The zero-order valence-corrected chi connectivity index (χ0v) is 10.5. The van der Waals surface area contributed by atoms with E-state index in [2.05, 4.69) is 11.9 Å². The van der Waals surface area contributed by atoms with Gasteiger partial charge in [-0.3, -0.25) is 4.79 Å². The molecule has 1 fully saturated rings. The second-order valence-electron chi connectivity index (χ2n) is 4.41. The number of carbonyl (C=O) groups excluding carboxylic acids is 1. The lowest BCUT2D eigenvalue weighted by Gasteiger charge is -2.22. The molecule has 4 nitrogen and oxygen atoms in total. The Morgan fingerprint density at radius 2 is 2.22 bits per heavy atom. The Bertz CT molecular complexity index is 448. The lowest BCUT2D eigenvalue weighted by molar-refractivity contribution is 0.0767. The molecule has 0 unspecified atom stereocenters.